The van der Waals surface area contributed by atoms with Crippen molar-refractivity contribution < 1.29 is 14.0 Å². The number of carbonyl (C=O) groups excluding carboxylic acids is 2. The Morgan fingerprint density at radius 1 is 1.33 bits per heavy atom. The fraction of sp³-hybridized carbons (Fsp3) is 0.263. The van der Waals surface area contributed by atoms with E-state index >= 15 is 0 Å². The molecule has 140 valence electrons. The van der Waals surface area contributed by atoms with Crippen LogP contribution in [0.25, 0.3) is 0 Å². The summed E-state index contributed by atoms with van der Waals surface area (Å²) >= 11 is 8.78. The normalized spacial score (nSPS) is 21.0. The van der Waals surface area contributed by atoms with Crippen molar-refractivity contribution >= 4 is 52.6 Å². The highest BCUT2D eigenvalue weighted by molar-refractivity contribution is 8.01. The average molecular weight is 423 g/mol. The Morgan fingerprint density at radius 3 is 3.04 bits per heavy atom. The van der Waals surface area contributed by atoms with Gasteiger partial charge in [-0.3, -0.25) is 9.59 Å². The molecule has 0 aromatic heterocycles. The van der Waals surface area contributed by atoms with Crippen LogP contribution in [0.4, 0.5) is 10.1 Å². The lowest BCUT2D eigenvalue weighted by molar-refractivity contribution is -0.124. The molecule has 2 aromatic rings. The largest absolute Gasteiger partial charge is 0.349 e. The van der Waals surface area contributed by atoms with Gasteiger partial charge in [0.05, 0.1) is 17.0 Å². The number of anilines is 1. The third-order valence-electron chi connectivity index (χ3n) is 4.49. The van der Waals surface area contributed by atoms with Crippen molar-refractivity contribution in [2.24, 2.45) is 0 Å². The van der Waals surface area contributed by atoms with E-state index in [4.69, 9.17) is 11.6 Å². The molecule has 2 aromatic carbocycles. The van der Waals surface area contributed by atoms with Gasteiger partial charge in [-0.2, -0.15) is 0 Å². The van der Waals surface area contributed by atoms with E-state index in [-0.39, 0.29) is 30.1 Å². The molecular formula is C19H16ClFN2O2S2. The number of hydrogen-bond acceptors (Lipinski definition) is 4. The minimum atomic E-state index is -0.511. The molecule has 4 rings (SSSR count). The summed E-state index contributed by atoms with van der Waals surface area (Å²) in [5.74, 6) is 0.0581. The highest BCUT2D eigenvalue weighted by Crippen LogP contribution is 2.40. The summed E-state index contributed by atoms with van der Waals surface area (Å²) in [6.45, 7) is 0. The predicted molar refractivity (Wildman–Crippen MR) is 107 cm³/mol. The summed E-state index contributed by atoms with van der Waals surface area (Å²) < 4.78 is 14.0. The molecule has 0 aliphatic carbocycles. The second-order valence-electron chi connectivity index (χ2n) is 6.36. The number of fused-ring (bicyclic) bond motifs is 2. The number of benzene rings is 2. The van der Waals surface area contributed by atoms with E-state index in [0.29, 0.717) is 15.6 Å². The van der Waals surface area contributed by atoms with Crippen LogP contribution in [0, 0.1) is 5.82 Å². The van der Waals surface area contributed by atoms with Gasteiger partial charge in [0.1, 0.15) is 5.82 Å². The maximum Gasteiger partial charge on any atom is 0.238 e. The number of thioether (sulfide) groups is 2. The van der Waals surface area contributed by atoms with Crippen LogP contribution in [0.2, 0.25) is 5.02 Å². The zero-order chi connectivity index (χ0) is 19.0. The Labute approximate surface area is 169 Å². The Morgan fingerprint density at radius 2 is 2.19 bits per heavy atom. The van der Waals surface area contributed by atoms with Crippen molar-refractivity contribution in [3.8, 4) is 0 Å². The summed E-state index contributed by atoms with van der Waals surface area (Å²) in [5.41, 5.74) is 1.48. The molecule has 2 heterocycles. The molecule has 0 fully saturated rings. The van der Waals surface area contributed by atoms with Crippen molar-refractivity contribution in [3.63, 3.8) is 0 Å². The highest BCUT2D eigenvalue weighted by Gasteiger charge is 2.31. The maximum absolute atomic E-state index is 14.0. The quantitative estimate of drug-likeness (QED) is 0.756. The topological polar surface area (TPSA) is 58.2 Å². The molecule has 27 heavy (non-hydrogen) atoms. The number of halogens is 2. The third kappa shape index (κ3) is 3.95. The summed E-state index contributed by atoms with van der Waals surface area (Å²) in [6.07, 6.45) is 0.797. The monoisotopic (exact) mass is 422 g/mol. The molecule has 0 saturated heterocycles. The van der Waals surface area contributed by atoms with Crippen molar-refractivity contribution in [3.05, 3.63) is 52.8 Å². The van der Waals surface area contributed by atoms with Crippen LogP contribution >= 0.6 is 35.1 Å². The first kappa shape index (κ1) is 18.7. The Bertz CT molecular complexity index is 925. The number of rotatable bonds is 3. The Hall–Kier alpha value is -1.70. The van der Waals surface area contributed by atoms with Gasteiger partial charge in [0.25, 0.3) is 0 Å². The number of nitrogens with one attached hydrogen (secondary N) is 2. The van der Waals surface area contributed by atoms with E-state index in [2.05, 4.69) is 10.6 Å². The van der Waals surface area contributed by atoms with E-state index in [9.17, 15) is 14.0 Å². The molecule has 4 nitrogen and oxygen atoms in total. The van der Waals surface area contributed by atoms with Gasteiger partial charge in [-0.15, -0.1) is 23.5 Å². The van der Waals surface area contributed by atoms with E-state index in [1.807, 2.05) is 12.1 Å². The second kappa shape index (κ2) is 7.73. The van der Waals surface area contributed by atoms with Gasteiger partial charge in [0.2, 0.25) is 11.8 Å². The van der Waals surface area contributed by atoms with Crippen molar-refractivity contribution in [1.29, 1.82) is 0 Å². The fourth-order valence-corrected chi connectivity index (χ4v) is 5.62. The van der Waals surface area contributed by atoms with Gasteiger partial charge in [-0.25, -0.2) is 4.39 Å². The van der Waals surface area contributed by atoms with Gasteiger partial charge >= 0.3 is 0 Å². The molecule has 2 aliphatic rings. The molecule has 2 N–H and O–H groups in total. The van der Waals surface area contributed by atoms with Crippen LogP contribution in [-0.2, 0) is 9.59 Å². The van der Waals surface area contributed by atoms with Crippen molar-refractivity contribution in [1.82, 2.24) is 5.32 Å². The van der Waals surface area contributed by atoms with E-state index < -0.39 is 5.25 Å². The zero-order valence-corrected chi connectivity index (χ0v) is 16.5. The van der Waals surface area contributed by atoms with Crippen LogP contribution < -0.4 is 10.6 Å². The zero-order valence-electron chi connectivity index (χ0n) is 14.1. The minimum absolute atomic E-state index is 0.0624. The molecule has 0 spiro atoms. The predicted octanol–water partition coefficient (Wildman–Crippen LogP) is 4.64. The Balaban J connectivity index is 1.44. The summed E-state index contributed by atoms with van der Waals surface area (Å²) in [5, 5.41) is 5.81. The van der Waals surface area contributed by atoms with Gasteiger partial charge < -0.3 is 10.6 Å². The standard InChI is InChI=1S/C19H16ClFN2O2S2/c20-10-4-5-15-14(8-10)23-19(25)16(27-15)9-17(24)22-13-6-7-26-18-11(13)2-1-3-12(18)21/h1-5,8,13,16H,6-7,9H2,(H,22,24)(H,23,25)/t13-,16+/m0/s1. The first-order valence-corrected chi connectivity index (χ1v) is 10.7. The van der Waals surface area contributed by atoms with Gasteiger partial charge in [0, 0.05) is 27.0 Å². The molecule has 2 atom stereocenters. The van der Waals surface area contributed by atoms with E-state index in [1.165, 1.54) is 29.6 Å². The molecule has 8 heteroatoms. The lowest BCUT2D eigenvalue weighted by Gasteiger charge is -2.28. The van der Waals surface area contributed by atoms with Crippen LogP contribution in [0.1, 0.15) is 24.4 Å². The summed E-state index contributed by atoms with van der Waals surface area (Å²) in [7, 11) is 0. The van der Waals surface area contributed by atoms with E-state index in [0.717, 1.165) is 22.6 Å². The summed E-state index contributed by atoms with van der Waals surface area (Å²) in [4.78, 5) is 26.4. The molecule has 0 unspecified atom stereocenters. The summed E-state index contributed by atoms with van der Waals surface area (Å²) in [6, 6.07) is 10.00. The molecule has 0 saturated carbocycles. The van der Waals surface area contributed by atoms with Crippen LogP contribution in [-0.4, -0.2) is 22.8 Å². The first-order valence-electron chi connectivity index (χ1n) is 8.49. The minimum Gasteiger partial charge on any atom is -0.349 e. The molecular weight excluding hydrogens is 407 g/mol. The van der Waals surface area contributed by atoms with E-state index in [1.54, 1.807) is 18.2 Å². The number of amides is 2. The second-order valence-corrected chi connectivity index (χ2v) is 9.14. The van der Waals surface area contributed by atoms with Gasteiger partial charge in [0.15, 0.2) is 0 Å². The lowest BCUT2D eigenvalue weighted by atomic mass is 10.0. The fourth-order valence-electron chi connectivity index (χ4n) is 3.22. The van der Waals surface area contributed by atoms with Crippen LogP contribution in [0.5, 0.6) is 0 Å². The first-order chi connectivity index (χ1) is 13.0. The van der Waals surface area contributed by atoms with Crippen molar-refractivity contribution in [2.75, 3.05) is 11.1 Å². The van der Waals surface area contributed by atoms with Crippen molar-refractivity contribution in [2.45, 2.75) is 33.9 Å². The maximum atomic E-state index is 14.0. The molecule has 2 amide bonds. The Kier molecular flexibility index (Phi) is 5.34. The molecule has 0 bridgehead atoms. The molecule has 2 aliphatic heterocycles. The van der Waals surface area contributed by atoms with Gasteiger partial charge in [-0.05, 0) is 36.2 Å². The lowest BCUT2D eigenvalue weighted by Crippen LogP contribution is -2.37. The highest BCUT2D eigenvalue weighted by atomic mass is 35.5. The SMILES string of the molecule is O=C(C[C@H]1Sc2ccc(Cl)cc2NC1=O)N[C@H]1CCSc2c(F)cccc21. The van der Waals surface area contributed by atoms with Crippen LogP contribution in [0.15, 0.2) is 46.2 Å². The molecule has 0 radical (unpaired) electrons. The van der Waals surface area contributed by atoms with Gasteiger partial charge in [-0.1, -0.05) is 23.7 Å². The number of carbonyl (C=O) groups is 2. The average Bonchev–Trinajstić information content (AvgIpc) is 2.63. The third-order valence-corrected chi connectivity index (χ3v) is 7.16. The number of hydrogen-bond donors (Lipinski definition) is 2. The smallest absolute Gasteiger partial charge is 0.238 e. The van der Waals surface area contributed by atoms with Crippen LogP contribution in [0.3, 0.4) is 0 Å².